The second kappa shape index (κ2) is 10.1. The molecule has 0 aliphatic carbocycles. The minimum Gasteiger partial charge on any atom is -0.493 e. The van der Waals surface area contributed by atoms with Crippen LogP contribution in [0.3, 0.4) is 0 Å². The molecule has 0 radical (unpaired) electrons. The average Bonchev–Trinajstić information content (AvgIpc) is 2.51. The van der Waals surface area contributed by atoms with E-state index >= 15 is 0 Å². The molecule has 1 aromatic carbocycles. The maximum atomic E-state index is 11.6. The molecule has 0 unspecified atom stereocenters. The van der Waals surface area contributed by atoms with Gasteiger partial charge in [0, 0.05) is 19.2 Å². The molecule has 1 rings (SSSR count). The Kier molecular flexibility index (Phi) is 8.40. The number of aliphatic hydroxyl groups excluding tert-OH is 1. The van der Waals surface area contributed by atoms with Crippen LogP contribution in [0, 0.1) is 0 Å². The van der Waals surface area contributed by atoms with E-state index in [1.807, 2.05) is 6.92 Å². The number of aliphatic hydroxyl groups is 1. The zero-order chi connectivity index (χ0) is 16.4. The second-order valence-corrected chi connectivity index (χ2v) is 4.99. The van der Waals surface area contributed by atoms with E-state index in [0.717, 1.165) is 12.0 Å². The smallest absolute Gasteiger partial charge is 0.244 e. The molecule has 0 aliphatic heterocycles. The lowest BCUT2D eigenvalue weighted by atomic mass is 10.2. The molecule has 0 fully saturated rings. The minimum atomic E-state index is -0.227. The highest BCUT2D eigenvalue weighted by Gasteiger charge is 2.11. The summed E-state index contributed by atoms with van der Waals surface area (Å²) in [6, 6.07) is 3.47. The lowest BCUT2D eigenvalue weighted by Gasteiger charge is -2.12. The molecule has 0 aliphatic rings. The number of hydrogen-bond donors (Lipinski definition) is 2. The Bertz CT molecular complexity index is 517. The molecule has 122 valence electrons. The predicted molar refractivity (Wildman–Crippen MR) is 87.5 cm³/mol. The van der Waals surface area contributed by atoms with Crippen LogP contribution in [0.15, 0.2) is 18.2 Å². The third kappa shape index (κ3) is 5.95. The predicted octanol–water partition coefficient (Wildman–Crippen LogP) is 2.65. The molecule has 6 heteroatoms. The van der Waals surface area contributed by atoms with Crippen LogP contribution in [0.2, 0.25) is 5.02 Å². The Morgan fingerprint density at radius 1 is 1.45 bits per heavy atom. The zero-order valence-corrected chi connectivity index (χ0v) is 13.7. The molecule has 0 heterocycles. The zero-order valence-electron chi connectivity index (χ0n) is 12.9. The Hall–Kier alpha value is -1.72. The van der Waals surface area contributed by atoms with Crippen LogP contribution in [-0.2, 0) is 4.79 Å². The van der Waals surface area contributed by atoms with E-state index in [4.69, 9.17) is 26.2 Å². The Balaban J connectivity index is 2.79. The first-order valence-corrected chi connectivity index (χ1v) is 7.57. The highest BCUT2D eigenvalue weighted by Crippen LogP contribution is 2.36. The quantitative estimate of drug-likeness (QED) is 0.540. The number of amides is 1. The van der Waals surface area contributed by atoms with Crippen LogP contribution in [0.1, 0.15) is 25.3 Å². The van der Waals surface area contributed by atoms with E-state index in [1.165, 1.54) is 6.08 Å². The van der Waals surface area contributed by atoms with Gasteiger partial charge in [0.05, 0.1) is 18.7 Å². The third-order valence-corrected chi connectivity index (χ3v) is 3.04. The molecule has 0 spiro atoms. The number of ether oxygens (including phenoxy) is 2. The molecule has 2 N–H and O–H groups in total. The SMILES string of the molecule is CCCOc1c(Cl)cc(/C=C/C(=O)NCCCO)cc1OC. The van der Waals surface area contributed by atoms with Gasteiger partial charge in [0.25, 0.3) is 0 Å². The van der Waals surface area contributed by atoms with E-state index in [0.29, 0.717) is 36.1 Å². The summed E-state index contributed by atoms with van der Waals surface area (Å²) in [5.74, 6) is 0.812. The molecular formula is C16H22ClNO4. The number of hydrogen-bond acceptors (Lipinski definition) is 4. The van der Waals surface area contributed by atoms with Crippen molar-refractivity contribution < 1.29 is 19.4 Å². The summed E-state index contributed by atoms with van der Waals surface area (Å²) in [6.45, 7) is 3.05. The maximum Gasteiger partial charge on any atom is 0.244 e. The van der Waals surface area contributed by atoms with Crippen LogP contribution >= 0.6 is 11.6 Å². The van der Waals surface area contributed by atoms with E-state index in [2.05, 4.69) is 5.32 Å². The number of nitrogens with one attached hydrogen (secondary N) is 1. The van der Waals surface area contributed by atoms with Gasteiger partial charge in [-0.05, 0) is 36.6 Å². The van der Waals surface area contributed by atoms with Crippen molar-refractivity contribution in [2.45, 2.75) is 19.8 Å². The Morgan fingerprint density at radius 2 is 2.23 bits per heavy atom. The van der Waals surface area contributed by atoms with Crippen molar-refractivity contribution in [1.82, 2.24) is 5.32 Å². The normalized spacial score (nSPS) is 10.7. The first-order valence-electron chi connectivity index (χ1n) is 7.19. The van der Waals surface area contributed by atoms with Gasteiger partial charge in [-0.3, -0.25) is 4.79 Å². The summed E-state index contributed by atoms with van der Waals surface area (Å²) in [7, 11) is 1.54. The summed E-state index contributed by atoms with van der Waals surface area (Å²) < 4.78 is 10.8. The first kappa shape index (κ1) is 18.3. The number of halogens is 1. The van der Waals surface area contributed by atoms with E-state index in [-0.39, 0.29) is 12.5 Å². The summed E-state index contributed by atoms with van der Waals surface area (Å²) in [6.07, 6.45) is 4.46. The molecule has 0 atom stereocenters. The van der Waals surface area contributed by atoms with Crippen molar-refractivity contribution >= 4 is 23.6 Å². The third-order valence-electron chi connectivity index (χ3n) is 2.76. The van der Waals surface area contributed by atoms with Crippen LogP contribution in [-0.4, -0.2) is 37.9 Å². The van der Waals surface area contributed by atoms with Gasteiger partial charge < -0.3 is 19.9 Å². The average molecular weight is 328 g/mol. The second-order valence-electron chi connectivity index (χ2n) is 4.58. The van der Waals surface area contributed by atoms with Gasteiger partial charge in [0.15, 0.2) is 11.5 Å². The molecule has 0 bridgehead atoms. The van der Waals surface area contributed by atoms with E-state index < -0.39 is 0 Å². The highest BCUT2D eigenvalue weighted by atomic mass is 35.5. The van der Waals surface area contributed by atoms with Gasteiger partial charge in [0.1, 0.15) is 0 Å². The van der Waals surface area contributed by atoms with Crippen molar-refractivity contribution in [3.63, 3.8) is 0 Å². The van der Waals surface area contributed by atoms with Crippen LogP contribution in [0.4, 0.5) is 0 Å². The van der Waals surface area contributed by atoms with E-state index in [9.17, 15) is 4.79 Å². The molecular weight excluding hydrogens is 306 g/mol. The largest absolute Gasteiger partial charge is 0.493 e. The van der Waals surface area contributed by atoms with Gasteiger partial charge >= 0.3 is 0 Å². The first-order chi connectivity index (χ1) is 10.6. The van der Waals surface area contributed by atoms with Gasteiger partial charge in [-0.15, -0.1) is 0 Å². The molecule has 0 aromatic heterocycles. The topological polar surface area (TPSA) is 67.8 Å². The highest BCUT2D eigenvalue weighted by molar-refractivity contribution is 6.32. The van der Waals surface area contributed by atoms with Crippen LogP contribution < -0.4 is 14.8 Å². The van der Waals surface area contributed by atoms with Crippen molar-refractivity contribution in [2.24, 2.45) is 0 Å². The molecule has 1 aromatic rings. The Labute approximate surface area is 135 Å². The molecule has 22 heavy (non-hydrogen) atoms. The molecule has 1 amide bonds. The number of benzene rings is 1. The van der Waals surface area contributed by atoms with Gasteiger partial charge in [-0.2, -0.15) is 0 Å². The van der Waals surface area contributed by atoms with Crippen LogP contribution in [0.5, 0.6) is 11.5 Å². The van der Waals surface area contributed by atoms with Crippen molar-refractivity contribution in [1.29, 1.82) is 0 Å². The van der Waals surface area contributed by atoms with E-state index in [1.54, 1.807) is 25.3 Å². The van der Waals surface area contributed by atoms with Crippen molar-refractivity contribution in [2.75, 3.05) is 26.9 Å². The fraction of sp³-hybridized carbons (Fsp3) is 0.438. The standard InChI is InChI=1S/C16H22ClNO4/c1-3-9-22-16-13(17)10-12(11-14(16)21-2)5-6-15(20)18-7-4-8-19/h5-6,10-11,19H,3-4,7-9H2,1-2H3,(H,18,20)/b6-5+. The minimum absolute atomic E-state index is 0.0516. The molecule has 5 nitrogen and oxygen atoms in total. The number of rotatable bonds is 9. The lowest BCUT2D eigenvalue weighted by molar-refractivity contribution is -0.116. The fourth-order valence-corrected chi connectivity index (χ4v) is 1.98. The van der Waals surface area contributed by atoms with Gasteiger partial charge in [-0.25, -0.2) is 0 Å². The molecule has 0 saturated heterocycles. The summed E-state index contributed by atoms with van der Waals surface area (Å²) in [4.78, 5) is 11.6. The Morgan fingerprint density at radius 3 is 2.86 bits per heavy atom. The lowest BCUT2D eigenvalue weighted by Crippen LogP contribution is -2.22. The fourth-order valence-electron chi connectivity index (χ4n) is 1.70. The summed E-state index contributed by atoms with van der Waals surface area (Å²) >= 11 is 6.20. The number of carbonyl (C=O) groups is 1. The maximum absolute atomic E-state index is 11.6. The van der Waals surface area contributed by atoms with Gasteiger partial charge in [0.2, 0.25) is 5.91 Å². The summed E-state index contributed by atoms with van der Waals surface area (Å²) in [5.41, 5.74) is 0.739. The monoisotopic (exact) mass is 327 g/mol. The number of methoxy groups -OCH3 is 1. The van der Waals surface area contributed by atoms with Gasteiger partial charge in [-0.1, -0.05) is 18.5 Å². The van der Waals surface area contributed by atoms with Crippen LogP contribution in [0.25, 0.3) is 6.08 Å². The number of carbonyl (C=O) groups excluding carboxylic acids is 1. The van der Waals surface area contributed by atoms with Crippen molar-refractivity contribution in [3.05, 3.63) is 28.8 Å². The van der Waals surface area contributed by atoms with Crippen molar-refractivity contribution in [3.8, 4) is 11.5 Å². The summed E-state index contributed by atoms with van der Waals surface area (Å²) in [5, 5.41) is 11.8. The molecule has 0 saturated carbocycles.